The molecule has 0 radical (unpaired) electrons. The summed E-state index contributed by atoms with van der Waals surface area (Å²) in [4.78, 5) is 32.5. The number of nitrogens with zero attached hydrogens (tertiary/aromatic N) is 2. The molecule has 45 heavy (non-hydrogen) atoms. The fraction of sp³-hybridized carbons (Fsp3) is 0.265. The van der Waals surface area contributed by atoms with E-state index in [0.29, 0.717) is 44.3 Å². The van der Waals surface area contributed by atoms with Gasteiger partial charge >= 0.3 is 5.97 Å². The molecule has 0 saturated carbocycles. The number of fused-ring (bicyclic) bond motifs is 1. The van der Waals surface area contributed by atoms with Crippen LogP contribution in [0.15, 0.2) is 86.2 Å². The Bertz CT molecular complexity index is 1950. The van der Waals surface area contributed by atoms with Crippen molar-refractivity contribution in [2.75, 3.05) is 13.7 Å². The zero-order chi connectivity index (χ0) is 32.2. The van der Waals surface area contributed by atoms with Crippen molar-refractivity contribution in [1.82, 2.24) is 4.57 Å². The van der Waals surface area contributed by atoms with Crippen molar-refractivity contribution in [2.45, 2.75) is 46.4 Å². The van der Waals surface area contributed by atoms with Crippen LogP contribution in [0.1, 0.15) is 50.4 Å². The van der Waals surface area contributed by atoms with Crippen molar-refractivity contribution in [3.63, 3.8) is 0 Å². The number of ether oxygens (including phenoxy) is 4. The fourth-order valence-electron chi connectivity index (χ4n) is 4.93. The third kappa shape index (κ3) is 7.36. The van der Waals surface area contributed by atoms with E-state index in [9.17, 15) is 9.59 Å². The minimum atomic E-state index is -0.765. The van der Waals surface area contributed by atoms with Gasteiger partial charge in [0.1, 0.15) is 12.4 Å². The average molecular weight is 804 g/mol. The summed E-state index contributed by atoms with van der Waals surface area (Å²) in [5, 5.41) is 0. The van der Waals surface area contributed by atoms with Crippen LogP contribution >= 0.6 is 49.9 Å². The minimum Gasteiger partial charge on any atom is -0.493 e. The Hall–Kier alpha value is -3.42. The predicted octanol–water partition coefficient (Wildman–Crippen LogP) is 6.54. The fourth-order valence-corrected chi connectivity index (χ4v) is 6.94. The van der Waals surface area contributed by atoms with Crippen molar-refractivity contribution < 1.29 is 23.7 Å². The molecule has 8 nitrogen and oxygen atoms in total. The Morgan fingerprint density at radius 3 is 2.49 bits per heavy atom. The maximum Gasteiger partial charge on any atom is 0.338 e. The summed E-state index contributed by atoms with van der Waals surface area (Å²) in [6.07, 6.45) is 1.78. The molecular weight excluding hydrogens is 771 g/mol. The first-order valence-corrected chi connectivity index (χ1v) is 17.0. The van der Waals surface area contributed by atoms with E-state index < -0.39 is 12.0 Å². The first-order valence-electron chi connectivity index (χ1n) is 14.3. The second-order valence-corrected chi connectivity index (χ2v) is 13.6. The Labute approximate surface area is 287 Å². The van der Waals surface area contributed by atoms with Gasteiger partial charge in [-0.15, -0.1) is 0 Å². The molecule has 0 saturated heterocycles. The van der Waals surface area contributed by atoms with Gasteiger partial charge in [0.15, 0.2) is 16.3 Å². The van der Waals surface area contributed by atoms with Gasteiger partial charge in [-0.3, -0.25) is 9.36 Å². The van der Waals surface area contributed by atoms with Gasteiger partial charge in [-0.2, -0.15) is 0 Å². The van der Waals surface area contributed by atoms with Crippen LogP contribution in [0.2, 0.25) is 0 Å². The Balaban J connectivity index is 1.54. The topological polar surface area (TPSA) is 88.4 Å². The summed E-state index contributed by atoms with van der Waals surface area (Å²) in [5.41, 5.74) is 3.12. The molecular formula is C34H32BrIN2O6S. The van der Waals surface area contributed by atoms with Gasteiger partial charge in [0, 0.05) is 4.47 Å². The third-order valence-electron chi connectivity index (χ3n) is 6.94. The lowest BCUT2D eigenvalue weighted by Gasteiger charge is -2.25. The molecule has 1 aromatic heterocycles. The average Bonchev–Trinajstić information content (AvgIpc) is 3.30. The van der Waals surface area contributed by atoms with Crippen LogP contribution in [0, 0.1) is 3.57 Å². The van der Waals surface area contributed by atoms with Gasteiger partial charge in [-0.25, -0.2) is 9.79 Å². The number of carbonyl (C=O) groups is 1. The molecule has 1 aliphatic heterocycles. The SMILES string of the molecule is CCOC(=O)C1=C(C)N=c2s/c(=C\c3ccc(OCc4ccc(Br)cc4)c(I)c3)c(=O)n2[C@@H]1c1ccc(OC(C)C)c(OC)c1. The molecule has 0 amide bonds. The first-order chi connectivity index (χ1) is 21.6. The van der Waals surface area contributed by atoms with Gasteiger partial charge in [0.2, 0.25) is 0 Å². The van der Waals surface area contributed by atoms with Crippen molar-refractivity contribution in [1.29, 1.82) is 0 Å². The van der Waals surface area contributed by atoms with Crippen LogP contribution in [-0.4, -0.2) is 30.4 Å². The minimum absolute atomic E-state index is 0.0603. The largest absolute Gasteiger partial charge is 0.493 e. The zero-order valence-corrected chi connectivity index (χ0v) is 30.0. The number of rotatable bonds is 10. The van der Waals surface area contributed by atoms with E-state index >= 15 is 0 Å². The van der Waals surface area contributed by atoms with E-state index in [1.54, 1.807) is 37.7 Å². The molecule has 0 spiro atoms. The third-order valence-corrected chi connectivity index (χ3v) is 9.30. The number of carbonyl (C=O) groups excluding carboxylic acids is 1. The quantitative estimate of drug-likeness (QED) is 0.134. The van der Waals surface area contributed by atoms with Crippen LogP contribution in [0.25, 0.3) is 6.08 Å². The van der Waals surface area contributed by atoms with Gasteiger partial charge in [0.05, 0.1) is 45.2 Å². The molecule has 0 aliphatic carbocycles. The molecule has 5 rings (SSSR count). The standard InChI is InChI=1S/C34H32BrIN2O6S/c1-6-42-33(40)30-20(4)37-34-38(31(30)23-10-14-27(44-19(2)3)28(17-23)41-5)32(39)29(45-34)16-22-9-13-26(25(36)15-22)43-18-21-7-11-24(35)12-8-21/h7-17,19,31H,6,18H2,1-5H3/b29-16-/t31-/m1/s1. The van der Waals surface area contributed by atoms with E-state index in [-0.39, 0.29) is 18.3 Å². The molecule has 11 heteroatoms. The van der Waals surface area contributed by atoms with Crippen LogP contribution in [0.3, 0.4) is 0 Å². The lowest BCUT2D eigenvalue weighted by Crippen LogP contribution is -2.40. The van der Waals surface area contributed by atoms with E-state index in [0.717, 1.165) is 24.9 Å². The number of hydrogen-bond acceptors (Lipinski definition) is 8. The number of hydrogen-bond donors (Lipinski definition) is 0. The van der Waals surface area contributed by atoms with E-state index in [4.69, 9.17) is 18.9 Å². The van der Waals surface area contributed by atoms with Crippen molar-refractivity contribution in [3.05, 3.63) is 116 Å². The molecule has 1 aliphatic rings. The van der Waals surface area contributed by atoms with Crippen LogP contribution < -0.4 is 29.1 Å². The molecule has 0 fully saturated rings. The summed E-state index contributed by atoms with van der Waals surface area (Å²) < 4.78 is 27.0. The lowest BCUT2D eigenvalue weighted by atomic mass is 9.95. The van der Waals surface area contributed by atoms with Gasteiger partial charge in [-0.1, -0.05) is 51.5 Å². The molecule has 0 bridgehead atoms. The number of esters is 1. The maximum atomic E-state index is 14.1. The first kappa shape index (κ1) is 33.0. The second kappa shape index (κ2) is 14.3. The molecule has 0 unspecified atom stereocenters. The number of benzene rings is 3. The summed E-state index contributed by atoms with van der Waals surface area (Å²) in [7, 11) is 1.56. The summed E-state index contributed by atoms with van der Waals surface area (Å²) >= 11 is 6.97. The molecule has 2 heterocycles. The summed E-state index contributed by atoms with van der Waals surface area (Å²) in [6.45, 7) is 8.01. The van der Waals surface area contributed by atoms with E-state index in [2.05, 4.69) is 43.5 Å². The number of methoxy groups -OCH3 is 1. The van der Waals surface area contributed by atoms with Crippen molar-refractivity contribution in [2.24, 2.45) is 4.99 Å². The second-order valence-electron chi connectivity index (χ2n) is 10.5. The van der Waals surface area contributed by atoms with Crippen molar-refractivity contribution in [3.8, 4) is 17.2 Å². The highest BCUT2D eigenvalue weighted by Crippen LogP contribution is 2.36. The number of allylic oxidation sites excluding steroid dienone is 1. The highest BCUT2D eigenvalue weighted by atomic mass is 127. The summed E-state index contributed by atoms with van der Waals surface area (Å²) in [5.74, 6) is 1.30. The normalized spacial score (nSPS) is 14.7. The van der Waals surface area contributed by atoms with Gasteiger partial charge in [-0.05, 0) is 109 Å². The Morgan fingerprint density at radius 2 is 1.82 bits per heavy atom. The van der Waals surface area contributed by atoms with Crippen LogP contribution in [0.4, 0.5) is 0 Å². The molecule has 3 aromatic carbocycles. The van der Waals surface area contributed by atoms with E-state index in [1.165, 1.54) is 11.3 Å². The number of thiazole rings is 1. The van der Waals surface area contributed by atoms with Crippen LogP contribution in [-0.2, 0) is 16.1 Å². The van der Waals surface area contributed by atoms with Crippen LogP contribution in [0.5, 0.6) is 17.2 Å². The van der Waals surface area contributed by atoms with Crippen molar-refractivity contribution >= 4 is 61.9 Å². The monoisotopic (exact) mass is 802 g/mol. The Kier molecular flexibility index (Phi) is 10.5. The maximum absolute atomic E-state index is 14.1. The predicted molar refractivity (Wildman–Crippen MR) is 187 cm³/mol. The Morgan fingerprint density at radius 1 is 1.09 bits per heavy atom. The molecule has 4 aromatic rings. The molecule has 234 valence electrons. The number of aromatic nitrogens is 1. The highest BCUT2D eigenvalue weighted by Gasteiger charge is 2.34. The van der Waals surface area contributed by atoms with E-state index in [1.807, 2.05) is 68.5 Å². The van der Waals surface area contributed by atoms with Gasteiger partial charge < -0.3 is 18.9 Å². The summed E-state index contributed by atoms with van der Waals surface area (Å²) in [6, 6.07) is 18.5. The number of halogens is 2. The van der Waals surface area contributed by atoms with Gasteiger partial charge in [0.25, 0.3) is 5.56 Å². The highest BCUT2D eigenvalue weighted by molar-refractivity contribution is 14.1. The zero-order valence-electron chi connectivity index (χ0n) is 25.4. The smallest absolute Gasteiger partial charge is 0.338 e. The lowest BCUT2D eigenvalue weighted by molar-refractivity contribution is -0.139. The molecule has 0 N–H and O–H groups in total. The molecule has 1 atom stereocenters.